The van der Waals surface area contributed by atoms with Crippen molar-refractivity contribution in [3.05, 3.63) is 0 Å². The SMILES string of the molecule is CN(CCCBr)C1CCCCC1. The molecule has 0 N–H and O–H groups in total. The van der Waals surface area contributed by atoms with E-state index in [2.05, 4.69) is 27.9 Å². The Bertz CT molecular complexity index is 110. The van der Waals surface area contributed by atoms with Gasteiger partial charge in [-0.2, -0.15) is 0 Å². The molecule has 0 aromatic heterocycles. The highest BCUT2D eigenvalue weighted by Gasteiger charge is 2.16. The summed E-state index contributed by atoms with van der Waals surface area (Å²) >= 11 is 3.48. The van der Waals surface area contributed by atoms with Crippen LogP contribution in [-0.2, 0) is 0 Å². The zero-order valence-corrected chi connectivity index (χ0v) is 9.65. The Morgan fingerprint density at radius 2 is 1.92 bits per heavy atom. The molecule has 1 rings (SSSR count). The fraction of sp³-hybridized carbons (Fsp3) is 1.00. The fourth-order valence-corrected chi connectivity index (χ4v) is 2.26. The third kappa shape index (κ3) is 3.44. The van der Waals surface area contributed by atoms with Crippen LogP contribution in [0.25, 0.3) is 0 Å². The van der Waals surface area contributed by atoms with Crippen molar-refractivity contribution in [3.63, 3.8) is 0 Å². The van der Waals surface area contributed by atoms with Gasteiger partial charge in [0.05, 0.1) is 0 Å². The number of halogens is 1. The van der Waals surface area contributed by atoms with Crippen LogP contribution in [0.2, 0.25) is 0 Å². The molecule has 0 unspecified atom stereocenters. The minimum Gasteiger partial charge on any atom is -0.303 e. The van der Waals surface area contributed by atoms with Gasteiger partial charge in [-0.1, -0.05) is 35.2 Å². The Kier molecular flexibility index (Phi) is 5.24. The topological polar surface area (TPSA) is 3.24 Å². The predicted molar refractivity (Wildman–Crippen MR) is 57.9 cm³/mol. The van der Waals surface area contributed by atoms with Crippen molar-refractivity contribution in [1.82, 2.24) is 4.90 Å². The second-order valence-corrected chi connectivity index (χ2v) is 4.61. The van der Waals surface area contributed by atoms with E-state index >= 15 is 0 Å². The molecule has 0 heterocycles. The molecule has 1 aliphatic rings. The van der Waals surface area contributed by atoms with Crippen molar-refractivity contribution in [2.24, 2.45) is 0 Å². The van der Waals surface area contributed by atoms with Crippen LogP contribution in [0.15, 0.2) is 0 Å². The second-order valence-electron chi connectivity index (χ2n) is 3.81. The maximum absolute atomic E-state index is 3.48. The summed E-state index contributed by atoms with van der Waals surface area (Å²) in [6.07, 6.45) is 8.50. The molecule has 0 aromatic rings. The Morgan fingerprint density at radius 1 is 1.25 bits per heavy atom. The van der Waals surface area contributed by atoms with E-state index in [-0.39, 0.29) is 0 Å². The van der Waals surface area contributed by atoms with Gasteiger partial charge in [0.15, 0.2) is 0 Å². The van der Waals surface area contributed by atoms with E-state index in [9.17, 15) is 0 Å². The van der Waals surface area contributed by atoms with Gasteiger partial charge in [0.1, 0.15) is 0 Å². The summed E-state index contributed by atoms with van der Waals surface area (Å²) in [5, 5.41) is 1.14. The molecule has 0 aliphatic heterocycles. The molecule has 12 heavy (non-hydrogen) atoms. The third-order valence-electron chi connectivity index (χ3n) is 2.84. The van der Waals surface area contributed by atoms with E-state index in [1.165, 1.54) is 45.1 Å². The molecule has 0 aromatic carbocycles. The van der Waals surface area contributed by atoms with E-state index < -0.39 is 0 Å². The van der Waals surface area contributed by atoms with Gasteiger partial charge in [0.25, 0.3) is 0 Å². The smallest absolute Gasteiger partial charge is 0.00922 e. The highest BCUT2D eigenvalue weighted by Crippen LogP contribution is 2.21. The Hall–Kier alpha value is 0.440. The van der Waals surface area contributed by atoms with Crippen LogP contribution in [0.4, 0.5) is 0 Å². The van der Waals surface area contributed by atoms with Gasteiger partial charge >= 0.3 is 0 Å². The minimum atomic E-state index is 0.887. The zero-order valence-electron chi connectivity index (χ0n) is 8.06. The standard InChI is InChI=1S/C10H20BrN/c1-12(9-5-8-11)10-6-3-2-4-7-10/h10H,2-9H2,1H3. The van der Waals surface area contributed by atoms with Crippen molar-refractivity contribution in [1.29, 1.82) is 0 Å². The van der Waals surface area contributed by atoms with Crippen LogP contribution < -0.4 is 0 Å². The summed E-state index contributed by atoms with van der Waals surface area (Å²) in [4.78, 5) is 2.54. The van der Waals surface area contributed by atoms with Crippen molar-refractivity contribution in [2.75, 3.05) is 18.9 Å². The molecular formula is C10H20BrN. The average molecular weight is 234 g/mol. The fourth-order valence-electron chi connectivity index (χ4n) is 2.01. The van der Waals surface area contributed by atoms with Crippen LogP contribution >= 0.6 is 15.9 Å². The predicted octanol–water partition coefficient (Wildman–Crippen LogP) is 3.04. The first-order valence-corrected chi connectivity index (χ1v) is 6.23. The Morgan fingerprint density at radius 3 is 2.50 bits per heavy atom. The van der Waals surface area contributed by atoms with Crippen LogP contribution in [0, 0.1) is 0 Å². The van der Waals surface area contributed by atoms with Gasteiger partial charge in [-0.05, 0) is 32.9 Å². The van der Waals surface area contributed by atoms with Gasteiger partial charge in [0, 0.05) is 11.4 Å². The summed E-state index contributed by atoms with van der Waals surface area (Å²) in [6, 6.07) is 0.887. The number of rotatable bonds is 4. The first-order chi connectivity index (χ1) is 5.84. The van der Waals surface area contributed by atoms with E-state index in [1.54, 1.807) is 0 Å². The summed E-state index contributed by atoms with van der Waals surface area (Å²) in [5.41, 5.74) is 0. The third-order valence-corrected chi connectivity index (χ3v) is 3.40. The largest absolute Gasteiger partial charge is 0.303 e. The summed E-state index contributed by atoms with van der Waals surface area (Å²) in [6.45, 7) is 1.26. The van der Waals surface area contributed by atoms with Crippen LogP contribution in [0.1, 0.15) is 38.5 Å². The Labute approximate surface area is 84.6 Å². The van der Waals surface area contributed by atoms with Crippen molar-refractivity contribution < 1.29 is 0 Å². The van der Waals surface area contributed by atoms with E-state index in [0.717, 1.165) is 11.4 Å². The Balaban J connectivity index is 2.15. The van der Waals surface area contributed by atoms with Crippen molar-refractivity contribution >= 4 is 15.9 Å². The molecular weight excluding hydrogens is 214 g/mol. The van der Waals surface area contributed by atoms with Gasteiger partial charge in [-0.25, -0.2) is 0 Å². The molecule has 1 aliphatic carbocycles. The summed E-state index contributed by atoms with van der Waals surface area (Å²) < 4.78 is 0. The summed E-state index contributed by atoms with van der Waals surface area (Å²) in [7, 11) is 2.28. The zero-order chi connectivity index (χ0) is 8.81. The van der Waals surface area contributed by atoms with Gasteiger partial charge in [-0.15, -0.1) is 0 Å². The maximum Gasteiger partial charge on any atom is 0.00922 e. The first-order valence-electron chi connectivity index (χ1n) is 5.11. The molecule has 1 fully saturated rings. The van der Waals surface area contributed by atoms with Crippen LogP contribution in [0.5, 0.6) is 0 Å². The minimum absolute atomic E-state index is 0.887. The number of alkyl halides is 1. The highest BCUT2D eigenvalue weighted by atomic mass is 79.9. The molecule has 0 spiro atoms. The second kappa shape index (κ2) is 5.98. The molecule has 72 valence electrons. The number of hydrogen-bond acceptors (Lipinski definition) is 1. The molecule has 0 atom stereocenters. The lowest BCUT2D eigenvalue weighted by molar-refractivity contribution is 0.193. The summed E-state index contributed by atoms with van der Waals surface area (Å²) in [5.74, 6) is 0. The van der Waals surface area contributed by atoms with Gasteiger partial charge < -0.3 is 4.90 Å². The van der Waals surface area contributed by atoms with E-state index in [1.807, 2.05) is 0 Å². The molecule has 1 saturated carbocycles. The monoisotopic (exact) mass is 233 g/mol. The number of hydrogen-bond donors (Lipinski definition) is 0. The maximum atomic E-state index is 3.48. The lowest BCUT2D eigenvalue weighted by atomic mass is 9.94. The molecule has 0 bridgehead atoms. The van der Waals surface area contributed by atoms with Gasteiger partial charge in [-0.3, -0.25) is 0 Å². The van der Waals surface area contributed by atoms with E-state index in [4.69, 9.17) is 0 Å². The first kappa shape index (κ1) is 10.5. The molecule has 0 amide bonds. The molecule has 1 nitrogen and oxygen atoms in total. The lowest BCUT2D eigenvalue weighted by Crippen LogP contribution is -2.34. The van der Waals surface area contributed by atoms with Crippen LogP contribution in [0.3, 0.4) is 0 Å². The van der Waals surface area contributed by atoms with Crippen LogP contribution in [-0.4, -0.2) is 29.9 Å². The molecule has 2 heteroatoms. The molecule has 0 saturated heterocycles. The van der Waals surface area contributed by atoms with Crippen molar-refractivity contribution in [3.8, 4) is 0 Å². The molecule has 0 radical (unpaired) electrons. The number of nitrogens with zero attached hydrogens (tertiary/aromatic N) is 1. The van der Waals surface area contributed by atoms with E-state index in [0.29, 0.717) is 0 Å². The lowest BCUT2D eigenvalue weighted by Gasteiger charge is -2.30. The van der Waals surface area contributed by atoms with Crippen molar-refractivity contribution in [2.45, 2.75) is 44.6 Å². The average Bonchev–Trinajstić information content (AvgIpc) is 2.15. The highest BCUT2D eigenvalue weighted by molar-refractivity contribution is 9.09. The quantitative estimate of drug-likeness (QED) is 0.676. The normalized spacial score (nSPS) is 20.2. The van der Waals surface area contributed by atoms with Gasteiger partial charge in [0.2, 0.25) is 0 Å².